The fraction of sp³-hybridized carbons (Fsp3) is 1.00. The van der Waals surface area contributed by atoms with Crippen molar-refractivity contribution >= 4 is 0 Å². The van der Waals surface area contributed by atoms with E-state index in [2.05, 4.69) is 20.8 Å². The Morgan fingerprint density at radius 2 is 1.29 bits per heavy atom. The molecular weight excluding hydrogens is 168 g/mol. The van der Waals surface area contributed by atoms with Gasteiger partial charge in [0.15, 0.2) is 0 Å². The summed E-state index contributed by atoms with van der Waals surface area (Å²) in [5.41, 5.74) is 1.52. The van der Waals surface area contributed by atoms with Crippen molar-refractivity contribution in [3.63, 3.8) is 0 Å². The molecule has 3 rings (SSSR count). The molecule has 0 aromatic carbocycles. The lowest BCUT2D eigenvalue weighted by molar-refractivity contribution is -0.0409. The highest BCUT2D eigenvalue weighted by Gasteiger charge is 2.48. The lowest BCUT2D eigenvalue weighted by Crippen LogP contribution is -2.43. The van der Waals surface area contributed by atoms with Gasteiger partial charge < -0.3 is 0 Å². The SMILES string of the molecule is CCC(CC)C12CCC(C)(CC1)CC2. The molecule has 0 aliphatic heterocycles. The average molecular weight is 194 g/mol. The zero-order valence-corrected chi connectivity index (χ0v) is 10.2. The van der Waals surface area contributed by atoms with Gasteiger partial charge in [0.2, 0.25) is 0 Å². The normalized spacial score (nSPS) is 42.0. The van der Waals surface area contributed by atoms with Crippen LogP contribution in [0.15, 0.2) is 0 Å². The van der Waals surface area contributed by atoms with E-state index in [4.69, 9.17) is 0 Å². The third kappa shape index (κ3) is 1.51. The standard InChI is InChI=1S/C14H26/c1-4-12(5-2)14-9-6-13(3,7-10-14)8-11-14/h12H,4-11H2,1-3H3. The van der Waals surface area contributed by atoms with E-state index < -0.39 is 0 Å². The number of rotatable bonds is 3. The van der Waals surface area contributed by atoms with Crippen LogP contribution in [0.1, 0.15) is 72.1 Å². The van der Waals surface area contributed by atoms with Gasteiger partial charge in [0.25, 0.3) is 0 Å². The molecule has 3 fully saturated rings. The van der Waals surface area contributed by atoms with Crippen LogP contribution in [0, 0.1) is 16.7 Å². The van der Waals surface area contributed by atoms with Gasteiger partial charge in [0, 0.05) is 0 Å². The Hall–Kier alpha value is 0. The van der Waals surface area contributed by atoms with Crippen LogP contribution < -0.4 is 0 Å². The molecule has 0 spiro atoms. The van der Waals surface area contributed by atoms with Gasteiger partial charge in [-0.1, -0.05) is 33.6 Å². The summed E-state index contributed by atoms with van der Waals surface area (Å²) in [7, 11) is 0. The van der Waals surface area contributed by atoms with Gasteiger partial charge in [0.1, 0.15) is 0 Å². The lowest BCUT2D eigenvalue weighted by atomic mass is 9.50. The molecule has 0 atom stereocenters. The van der Waals surface area contributed by atoms with Crippen LogP contribution in [-0.4, -0.2) is 0 Å². The number of fused-ring (bicyclic) bond motifs is 3. The topological polar surface area (TPSA) is 0 Å². The quantitative estimate of drug-likeness (QED) is 0.606. The van der Waals surface area contributed by atoms with Crippen molar-refractivity contribution in [3.8, 4) is 0 Å². The Morgan fingerprint density at radius 1 is 0.857 bits per heavy atom. The Balaban J connectivity index is 2.11. The predicted molar refractivity (Wildman–Crippen MR) is 62.3 cm³/mol. The van der Waals surface area contributed by atoms with Crippen molar-refractivity contribution in [2.45, 2.75) is 72.1 Å². The highest BCUT2D eigenvalue weighted by atomic mass is 14.5. The van der Waals surface area contributed by atoms with Crippen molar-refractivity contribution in [1.29, 1.82) is 0 Å². The maximum Gasteiger partial charge on any atom is -0.0269 e. The van der Waals surface area contributed by atoms with Gasteiger partial charge >= 0.3 is 0 Å². The first-order valence-electron chi connectivity index (χ1n) is 6.64. The summed E-state index contributed by atoms with van der Waals surface area (Å²) in [5, 5.41) is 0. The third-order valence-electron chi connectivity index (χ3n) is 5.53. The molecule has 0 aromatic heterocycles. The van der Waals surface area contributed by atoms with Crippen LogP contribution >= 0.6 is 0 Å². The molecular formula is C14H26. The highest BCUT2D eigenvalue weighted by Crippen LogP contribution is 2.60. The minimum Gasteiger partial charge on any atom is -0.0651 e. The molecule has 0 saturated heterocycles. The van der Waals surface area contributed by atoms with Crippen molar-refractivity contribution in [3.05, 3.63) is 0 Å². The van der Waals surface area contributed by atoms with Gasteiger partial charge in [-0.05, 0) is 55.3 Å². The van der Waals surface area contributed by atoms with E-state index >= 15 is 0 Å². The van der Waals surface area contributed by atoms with Gasteiger partial charge in [-0.3, -0.25) is 0 Å². The summed E-state index contributed by atoms with van der Waals surface area (Å²) in [6, 6.07) is 0. The molecule has 0 heterocycles. The molecule has 0 radical (unpaired) electrons. The van der Waals surface area contributed by atoms with E-state index in [-0.39, 0.29) is 0 Å². The van der Waals surface area contributed by atoms with Crippen LogP contribution in [0.3, 0.4) is 0 Å². The summed E-state index contributed by atoms with van der Waals surface area (Å²) in [4.78, 5) is 0. The zero-order chi connectivity index (χ0) is 10.2. The van der Waals surface area contributed by atoms with Crippen molar-refractivity contribution in [1.82, 2.24) is 0 Å². The molecule has 0 aromatic rings. The smallest absolute Gasteiger partial charge is 0.0269 e. The van der Waals surface area contributed by atoms with Crippen molar-refractivity contribution in [2.75, 3.05) is 0 Å². The second kappa shape index (κ2) is 3.54. The summed E-state index contributed by atoms with van der Waals surface area (Å²) >= 11 is 0. The lowest BCUT2D eigenvalue weighted by Gasteiger charge is -2.55. The van der Waals surface area contributed by atoms with E-state index in [0.717, 1.165) is 16.7 Å². The molecule has 0 nitrogen and oxygen atoms in total. The Bertz CT molecular complexity index is 176. The average Bonchev–Trinajstić information content (AvgIpc) is 2.22. The maximum absolute atomic E-state index is 2.52. The van der Waals surface area contributed by atoms with Gasteiger partial charge in [-0.15, -0.1) is 0 Å². The summed E-state index contributed by atoms with van der Waals surface area (Å²) in [6.45, 7) is 7.31. The van der Waals surface area contributed by atoms with Gasteiger partial charge in [0.05, 0.1) is 0 Å². The molecule has 3 saturated carbocycles. The number of hydrogen-bond acceptors (Lipinski definition) is 0. The minimum absolute atomic E-state index is 0.744. The Morgan fingerprint density at radius 3 is 1.64 bits per heavy atom. The van der Waals surface area contributed by atoms with E-state index in [1.165, 1.54) is 51.4 Å². The van der Waals surface area contributed by atoms with Crippen LogP contribution in [-0.2, 0) is 0 Å². The third-order valence-corrected chi connectivity index (χ3v) is 5.53. The molecule has 3 aliphatic rings. The summed E-state index contributed by atoms with van der Waals surface area (Å²) < 4.78 is 0. The molecule has 0 heteroatoms. The summed E-state index contributed by atoms with van der Waals surface area (Å²) in [5.74, 6) is 1.02. The largest absolute Gasteiger partial charge is 0.0651 e. The monoisotopic (exact) mass is 194 g/mol. The first-order valence-corrected chi connectivity index (χ1v) is 6.64. The molecule has 0 unspecified atom stereocenters. The Kier molecular flexibility index (Phi) is 2.66. The molecule has 2 bridgehead atoms. The van der Waals surface area contributed by atoms with E-state index in [9.17, 15) is 0 Å². The molecule has 3 aliphatic carbocycles. The van der Waals surface area contributed by atoms with Crippen LogP contribution in [0.2, 0.25) is 0 Å². The van der Waals surface area contributed by atoms with E-state index in [1.54, 1.807) is 0 Å². The number of hydrogen-bond donors (Lipinski definition) is 0. The van der Waals surface area contributed by atoms with Crippen LogP contribution in [0.4, 0.5) is 0 Å². The second-order valence-corrected chi connectivity index (χ2v) is 6.19. The predicted octanol–water partition coefficient (Wildman–Crippen LogP) is 4.78. The second-order valence-electron chi connectivity index (χ2n) is 6.19. The molecule has 0 amide bonds. The first kappa shape index (κ1) is 10.5. The zero-order valence-electron chi connectivity index (χ0n) is 10.2. The highest BCUT2D eigenvalue weighted by molar-refractivity contribution is 4.99. The van der Waals surface area contributed by atoms with Gasteiger partial charge in [-0.25, -0.2) is 0 Å². The maximum atomic E-state index is 2.52. The van der Waals surface area contributed by atoms with E-state index in [1.807, 2.05) is 0 Å². The van der Waals surface area contributed by atoms with Crippen molar-refractivity contribution in [2.24, 2.45) is 16.7 Å². The Labute approximate surface area is 89.5 Å². The first-order chi connectivity index (χ1) is 6.64. The summed E-state index contributed by atoms with van der Waals surface area (Å²) in [6.07, 6.45) is 12.0. The van der Waals surface area contributed by atoms with Crippen LogP contribution in [0.5, 0.6) is 0 Å². The van der Waals surface area contributed by atoms with E-state index in [0.29, 0.717) is 0 Å². The van der Waals surface area contributed by atoms with Crippen LogP contribution in [0.25, 0.3) is 0 Å². The fourth-order valence-corrected chi connectivity index (χ4v) is 4.17. The molecule has 82 valence electrons. The molecule has 14 heavy (non-hydrogen) atoms. The molecule has 0 N–H and O–H groups in total. The van der Waals surface area contributed by atoms with Crippen molar-refractivity contribution < 1.29 is 0 Å². The fourth-order valence-electron chi connectivity index (χ4n) is 4.17. The van der Waals surface area contributed by atoms with Gasteiger partial charge in [-0.2, -0.15) is 0 Å². The minimum atomic E-state index is 0.744.